The third-order valence-corrected chi connectivity index (χ3v) is 4.94. The van der Waals surface area contributed by atoms with Crippen molar-refractivity contribution in [3.63, 3.8) is 0 Å². The maximum Gasteiger partial charge on any atom is 0.258 e. The quantitative estimate of drug-likeness (QED) is 0.409. The van der Waals surface area contributed by atoms with Gasteiger partial charge in [-0.1, -0.05) is 48.8 Å². The van der Waals surface area contributed by atoms with Crippen LogP contribution in [0, 0.1) is 6.92 Å². The lowest BCUT2D eigenvalue weighted by Gasteiger charge is -2.09. The summed E-state index contributed by atoms with van der Waals surface area (Å²) in [6.07, 6.45) is 1.70. The Kier molecular flexibility index (Phi) is 6.26. The molecule has 4 rings (SSSR count). The summed E-state index contributed by atoms with van der Waals surface area (Å²) in [6.45, 7) is 6.58. The molecule has 0 aliphatic carbocycles. The van der Waals surface area contributed by atoms with Crippen LogP contribution in [-0.2, 0) is 6.54 Å². The Hall–Kier alpha value is -4.00. The van der Waals surface area contributed by atoms with Gasteiger partial charge in [0.2, 0.25) is 0 Å². The number of hydrogen-bond donors (Lipinski definition) is 2. The Morgan fingerprint density at radius 2 is 1.88 bits per heavy atom. The molecule has 0 unspecified atom stereocenters. The van der Waals surface area contributed by atoms with Crippen molar-refractivity contribution in [2.75, 3.05) is 10.6 Å². The van der Waals surface area contributed by atoms with Crippen molar-refractivity contribution < 1.29 is 9.32 Å². The van der Waals surface area contributed by atoms with Gasteiger partial charge in [0, 0.05) is 35.5 Å². The summed E-state index contributed by atoms with van der Waals surface area (Å²) in [7, 11) is 0. The molecular weight excluding hydrogens is 402 g/mol. The molecule has 0 saturated carbocycles. The number of pyridine rings is 1. The van der Waals surface area contributed by atoms with E-state index in [1.165, 1.54) is 0 Å². The van der Waals surface area contributed by atoms with E-state index in [1.807, 2.05) is 81.4 Å². The van der Waals surface area contributed by atoms with Gasteiger partial charge in [-0.2, -0.15) is 4.98 Å². The Morgan fingerprint density at radius 3 is 2.62 bits per heavy atom. The number of aromatic nitrogens is 3. The molecule has 1 amide bonds. The second-order valence-corrected chi connectivity index (χ2v) is 7.92. The van der Waals surface area contributed by atoms with Crippen LogP contribution >= 0.6 is 0 Å². The molecular formula is C25H25N5O2. The Morgan fingerprint density at radius 1 is 1.06 bits per heavy atom. The van der Waals surface area contributed by atoms with Crippen LogP contribution < -0.4 is 10.6 Å². The van der Waals surface area contributed by atoms with Gasteiger partial charge in [-0.25, -0.2) is 4.98 Å². The number of amides is 1. The zero-order valence-electron chi connectivity index (χ0n) is 18.3. The number of carbonyl (C=O) groups excluding carboxylic acids is 1. The van der Waals surface area contributed by atoms with E-state index in [0.29, 0.717) is 29.6 Å². The first-order valence-corrected chi connectivity index (χ1v) is 10.5. The van der Waals surface area contributed by atoms with Crippen LogP contribution in [0.2, 0.25) is 0 Å². The van der Waals surface area contributed by atoms with E-state index < -0.39 is 0 Å². The van der Waals surface area contributed by atoms with Crippen LogP contribution in [0.1, 0.15) is 47.1 Å². The van der Waals surface area contributed by atoms with Crippen LogP contribution in [0.4, 0.5) is 11.5 Å². The summed E-state index contributed by atoms with van der Waals surface area (Å²) in [6, 6.07) is 18.9. The first-order valence-electron chi connectivity index (χ1n) is 10.5. The summed E-state index contributed by atoms with van der Waals surface area (Å²) >= 11 is 0. The molecule has 7 nitrogen and oxygen atoms in total. The van der Waals surface area contributed by atoms with Gasteiger partial charge in [0.05, 0.1) is 0 Å². The van der Waals surface area contributed by atoms with Gasteiger partial charge in [-0.15, -0.1) is 0 Å². The van der Waals surface area contributed by atoms with Crippen molar-refractivity contribution in [2.45, 2.75) is 33.2 Å². The molecule has 0 atom stereocenters. The lowest BCUT2D eigenvalue weighted by atomic mass is 10.1. The number of benzene rings is 2. The first kappa shape index (κ1) is 21.2. The summed E-state index contributed by atoms with van der Waals surface area (Å²) in [4.78, 5) is 21.3. The number of anilines is 2. The predicted molar refractivity (Wildman–Crippen MR) is 125 cm³/mol. The molecule has 0 bridgehead atoms. The zero-order chi connectivity index (χ0) is 22.5. The molecule has 0 saturated heterocycles. The van der Waals surface area contributed by atoms with Gasteiger partial charge >= 0.3 is 0 Å². The smallest absolute Gasteiger partial charge is 0.258 e. The van der Waals surface area contributed by atoms with Crippen molar-refractivity contribution >= 4 is 17.4 Å². The normalized spacial score (nSPS) is 10.9. The lowest BCUT2D eigenvalue weighted by Crippen LogP contribution is -2.12. The highest BCUT2D eigenvalue weighted by Crippen LogP contribution is 2.22. The minimum Gasteiger partial charge on any atom is -0.366 e. The highest BCUT2D eigenvalue weighted by Gasteiger charge is 2.12. The van der Waals surface area contributed by atoms with Gasteiger partial charge in [0.15, 0.2) is 5.82 Å². The number of hydrogen-bond acceptors (Lipinski definition) is 6. The van der Waals surface area contributed by atoms with Gasteiger partial charge in [0.1, 0.15) is 5.82 Å². The second-order valence-electron chi connectivity index (χ2n) is 7.92. The van der Waals surface area contributed by atoms with E-state index in [-0.39, 0.29) is 11.8 Å². The van der Waals surface area contributed by atoms with E-state index in [9.17, 15) is 4.79 Å². The summed E-state index contributed by atoms with van der Waals surface area (Å²) in [5, 5.41) is 10.3. The van der Waals surface area contributed by atoms with E-state index >= 15 is 0 Å². The molecule has 2 aromatic carbocycles. The second kappa shape index (κ2) is 9.43. The topological polar surface area (TPSA) is 92.9 Å². The largest absolute Gasteiger partial charge is 0.366 e. The van der Waals surface area contributed by atoms with E-state index in [4.69, 9.17) is 4.52 Å². The number of nitrogens with zero attached hydrogens (tertiary/aromatic N) is 3. The minimum absolute atomic E-state index is 0.134. The Balaban J connectivity index is 1.41. The fourth-order valence-electron chi connectivity index (χ4n) is 3.11. The Labute approximate surface area is 186 Å². The number of rotatable bonds is 7. The average molecular weight is 428 g/mol. The van der Waals surface area contributed by atoms with Gasteiger partial charge in [-0.05, 0) is 48.9 Å². The van der Waals surface area contributed by atoms with Crippen LogP contribution in [0.3, 0.4) is 0 Å². The number of nitrogens with one attached hydrogen (secondary N) is 2. The number of carbonyl (C=O) groups is 1. The standard InChI is InChI=1S/C25H25N5O2/c1-16(2)23-29-25(32-30-23)20-11-12-26-22(14-20)27-15-18-5-4-6-21(13-18)28-24(31)19-9-7-17(3)8-10-19/h4-14,16H,15H2,1-3H3,(H,26,27)(H,28,31). The SMILES string of the molecule is Cc1ccc(C(=O)Nc2cccc(CNc3cc(-c4nc(C(C)C)no4)ccn3)c2)cc1. The maximum absolute atomic E-state index is 12.5. The van der Waals surface area contributed by atoms with Crippen molar-refractivity contribution in [2.24, 2.45) is 0 Å². The summed E-state index contributed by atoms with van der Waals surface area (Å²) in [5.74, 6) is 1.91. The third kappa shape index (κ3) is 5.18. The van der Waals surface area contributed by atoms with Crippen LogP contribution in [0.25, 0.3) is 11.5 Å². The third-order valence-electron chi connectivity index (χ3n) is 4.94. The molecule has 162 valence electrons. The molecule has 7 heteroatoms. The highest BCUT2D eigenvalue weighted by atomic mass is 16.5. The first-order chi connectivity index (χ1) is 15.5. The van der Waals surface area contributed by atoms with Gasteiger partial charge in [-0.3, -0.25) is 4.79 Å². The molecule has 2 aromatic heterocycles. The molecule has 0 aliphatic rings. The lowest BCUT2D eigenvalue weighted by molar-refractivity contribution is 0.102. The molecule has 0 spiro atoms. The van der Waals surface area contributed by atoms with E-state index in [2.05, 4.69) is 25.8 Å². The van der Waals surface area contributed by atoms with Crippen LogP contribution in [0.5, 0.6) is 0 Å². The molecule has 0 radical (unpaired) electrons. The van der Waals surface area contributed by atoms with Crippen LogP contribution in [0.15, 0.2) is 71.4 Å². The van der Waals surface area contributed by atoms with E-state index in [0.717, 1.165) is 22.4 Å². The minimum atomic E-state index is -0.134. The molecule has 0 aliphatic heterocycles. The molecule has 2 heterocycles. The van der Waals surface area contributed by atoms with Crippen LogP contribution in [-0.4, -0.2) is 21.0 Å². The van der Waals surface area contributed by atoms with Crippen molar-refractivity contribution in [1.29, 1.82) is 0 Å². The van der Waals surface area contributed by atoms with Gasteiger partial charge in [0.25, 0.3) is 11.8 Å². The summed E-state index contributed by atoms with van der Waals surface area (Å²) in [5.41, 5.74) is 4.30. The Bertz CT molecular complexity index is 1220. The fraction of sp³-hybridized carbons (Fsp3) is 0.200. The highest BCUT2D eigenvalue weighted by molar-refractivity contribution is 6.04. The summed E-state index contributed by atoms with van der Waals surface area (Å²) < 4.78 is 5.37. The zero-order valence-corrected chi connectivity index (χ0v) is 18.3. The molecule has 2 N–H and O–H groups in total. The predicted octanol–water partition coefficient (Wildman–Crippen LogP) is 5.43. The van der Waals surface area contributed by atoms with Crippen molar-refractivity contribution in [3.8, 4) is 11.5 Å². The van der Waals surface area contributed by atoms with Gasteiger partial charge < -0.3 is 15.2 Å². The average Bonchev–Trinajstić information content (AvgIpc) is 3.29. The molecule has 0 fully saturated rings. The number of aryl methyl sites for hydroxylation is 1. The molecule has 32 heavy (non-hydrogen) atoms. The van der Waals surface area contributed by atoms with Crippen molar-refractivity contribution in [3.05, 3.63) is 89.4 Å². The monoisotopic (exact) mass is 427 g/mol. The molecule has 4 aromatic rings. The fourth-order valence-corrected chi connectivity index (χ4v) is 3.11. The van der Waals surface area contributed by atoms with E-state index in [1.54, 1.807) is 6.20 Å². The maximum atomic E-state index is 12.5. The van der Waals surface area contributed by atoms with Crippen molar-refractivity contribution in [1.82, 2.24) is 15.1 Å².